The number of para-hydroxylation sites is 1. The van der Waals surface area contributed by atoms with E-state index in [4.69, 9.17) is 0 Å². The van der Waals surface area contributed by atoms with Gasteiger partial charge in [-0.15, -0.1) is 0 Å². The maximum absolute atomic E-state index is 11.1. The number of nitro groups is 1. The highest BCUT2D eigenvalue weighted by Crippen LogP contribution is 2.18. The molecule has 25 heavy (non-hydrogen) atoms. The van der Waals surface area contributed by atoms with E-state index in [1.165, 1.54) is 11.6 Å². The van der Waals surface area contributed by atoms with Gasteiger partial charge >= 0.3 is 0 Å². The molecule has 6 heteroatoms. The fourth-order valence-electron chi connectivity index (χ4n) is 2.47. The quantitative estimate of drug-likeness (QED) is 0.254. The molecule has 0 aliphatic carbocycles. The van der Waals surface area contributed by atoms with Crippen molar-refractivity contribution in [1.82, 2.24) is 10.6 Å². The van der Waals surface area contributed by atoms with Gasteiger partial charge in [-0.3, -0.25) is 10.1 Å². The first-order valence-electron chi connectivity index (χ1n) is 8.49. The zero-order valence-electron chi connectivity index (χ0n) is 14.4. The van der Waals surface area contributed by atoms with Gasteiger partial charge in [0.15, 0.2) is 5.96 Å². The number of rotatable bonds is 8. The molecule has 0 bridgehead atoms. The third-order valence-corrected chi connectivity index (χ3v) is 3.72. The van der Waals surface area contributed by atoms with Gasteiger partial charge in [-0.1, -0.05) is 48.5 Å². The molecule has 6 nitrogen and oxygen atoms in total. The summed E-state index contributed by atoms with van der Waals surface area (Å²) in [6.07, 6.45) is 1.98. The lowest BCUT2D eigenvalue weighted by molar-refractivity contribution is -0.385. The summed E-state index contributed by atoms with van der Waals surface area (Å²) in [5, 5.41) is 17.5. The average Bonchev–Trinajstić information content (AvgIpc) is 2.64. The predicted molar refractivity (Wildman–Crippen MR) is 101 cm³/mol. The Balaban J connectivity index is 1.89. The number of hydrogen-bond donors (Lipinski definition) is 2. The summed E-state index contributed by atoms with van der Waals surface area (Å²) in [6.45, 7) is 3.79. The van der Waals surface area contributed by atoms with Crippen molar-refractivity contribution in [3.05, 3.63) is 75.8 Å². The van der Waals surface area contributed by atoms with Crippen LogP contribution in [0.15, 0.2) is 59.6 Å². The van der Waals surface area contributed by atoms with Crippen LogP contribution in [-0.4, -0.2) is 24.0 Å². The molecule has 0 aliphatic rings. The summed E-state index contributed by atoms with van der Waals surface area (Å²) in [5.74, 6) is 0.675. The molecule has 0 aliphatic heterocycles. The number of aryl methyl sites for hydroxylation is 1. The maximum atomic E-state index is 11.1. The number of benzene rings is 2. The van der Waals surface area contributed by atoms with Crippen LogP contribution in [0.3, 0.4) is 0 Å². The largest absolute Gasteiger partial charge is 0.357 e. The average molecular weight is 340 g/mol. The molecular formula is C19H24N4O2. The van der Waals surface area contributed by atoms with Crippen molar-refractivity contribution in [2.75, 3.05) is 13.1 Å². The first-order valence-corrected chi connectivity index (χ1v) is 8.49. The van der Waals surface area contributed by atoms with Crippen molar-refractivity contribution in [2.45, 2.75) is 26.3 Å². The van der Waals surface area contributed by atoms with Gasteiger partial charge in [-0.25, -0.2) is 4.99 Å². The highest BCUT2D eigenvalue weighted by atomic mass is 16.6. The molecule has 0 radical (unpaired) electrons. The number of nitrogens with zero attached hydrogens (tertiary/aromatic N) is 2. The van der Waals surface area contributed by atoms with Crippen LogP contribution in [-0.2, 0) is 13.0 Å². The Morgan fingerprint density at radius 1 is 1.08 bits per heavy atom. The summed E-state index contributed by atoms with van der Waals surface area (Å²) < 4.78 is 0. The number of nitro benzene ring substituents is 1. The fourth-order valence-corrected chi connectivity index (χ4v) is 2.47. The van der Waals surface area contributed by atoms with E-state index in [1.807, 2.05) is 25.1 Å². The minimum atomic E-state index is -0.370. The molecule has 0 heterocycles. The SMILES string of the molecule is CCNC(=NCc1ccccc1[N+](=O)[O-])NCCCc1ccccc1. The molecule has 0 spiro atoms. The Morgan fingerprint density at radius 2 is 1.80 bits per heavy atom. The van der Waals surface area contributed by atoms with Gasteiger partial charge < -0.3 is 10.6 Å². The van der Waals surface area contributed by atoms with Crippen molar-refractivity contribution in [1.29, 1.82) is 0 Å². The minimum absolute atomic E-state index is 0.103. The van der Waals surface area contributed by atoms with Crippen molar-refractivity contribution in [3.8, 4) is 0 Å². The lowest BCUT2D eigenvalue weighted by Crippen LogP contribution is -2.37. The Bertz CT molecular complexity index is 702. The van der Waals surface area contributed by atoms with Crippen LogP contribution in [0.2, 0.25) is 0 Å². The molecule has 0 fully saturated rings. The molecule has 0 aromatic heterocycles. The van der Waals surface area contributed by atoms with Crippen molar-refractivity contribution in [2.24, 2.45) is 4.99 Å². The van der Waals surface area contributed by atoms with Crippen LogP contribution in [0.1, 0.15) is 24.5 Å². The van der Waals surface area contributed by atoms with E-state index < -0.39 is 0 Å². The number of nitrogens with one attached hydrogen (secondary N) is 2. The van der Waals surface area contributed by atoms with E-state index in [9.17, 15) is 10.1 Å². The molecule has 2 aromatic rings. The molecular weight excluding hydrogens is 316 g/mol. The Morgan fingerprint density at radius 3 is 2.52 bits per heavy atom. The monoisotopic (exact) mass is 340 g/mol. The van der Waals surface area contributed by atoms with E-state index in [0.29, 0.717) is 11.5 Å². The zero-order chi connectivity index (χ0) is 17.9. The van der Waals surface area contributed by atoms with Crippen molar-refractivity contribution < 1.29 is 4.92 Å². The molecule has 2 N–H and O–H groups in total. The molecule has 0 saturated heterocycles. The molecule has 132 valence electrons. The summed E-state index contributed by atoms with van der Waals surface area (Å²) in [5.41, 5.74) is 2.02. The predicted octanol–water partition coefficient (Wildman–Crippen LogP) is 3.28. The van der Waals surface area contributed by atoms with Crippen LogP contribution < -0.4 is 10.6 Å². The number of hydrogen-bond acceptors (Lipinski definition) is 3. The minimum Gasteiger partial charge on any atom is -0.357 e. The Labute approximate surface area is 148 Å². The van der Waals surface area contributed by atoms with Crippen LogP contribution in [0.5, 0.6) is 0 Å². The molecule has 2 aromatic carbocycles. The van der Waals surface area contributed by atoms with E-state index in [2.05, 4.69) is 27.8 Å². The fraction of sp³-hybridized carbons (Fsp3) is 0.316. The second-order valence-electron chi connectivity index (χ2n) is 5.60. The van der Waals surface area contributed by atoms with Crippen LogP contribution >= 0.6 is 0 Å². The standard InChI is InChI=1S/C19H24N4O2/c1-2-20-19(21-14-8-11-16-9-4-3-5-10-16)22-15-17-12-6-7-13-18(17)23(24)25/h3-7,9-10,12-13H,2,8,11,14-15H2,1H3,(H2,20,21,22). The van der Waals surface area contributed by atoms with E-state index in [1.54, 1.807) is 18.2 Å². The normalized spacial score (nSPS) is 11.2. The van der Waals surface area contributed by atoms with E-state index in [0.717, 1.165) is 25.9 Å². The van der Waals surface area contributed by atoms with Gasteiger partial charge in [-0.05, 0) is 25.3 Å². The Kier molecular flexibility index (Phi) is 7.43. The first-order chi connectivity index (χ1) is 12.2. The van der Waals surface area contributed by atoms with E-state index >= 15 is 0 Å². The zero-order valence-corrected chi connectivity index (χ0v) is 14.4. The maximum Gasteiger partial charge on any atom is 0.274 e. The molecule has 0 amide bonds. The molecule has 0 saturated carbocycles. The second-order valence-corrected chi connectivity index (χ2v) is 5.60. The smallest absolute Gasteiger partial charge is 0.274 e. The Hall–Kier alpha value is -2.89. The van der Waals surface area contributed by atoms with Gasteiger partial charge in [0.1, 0.15) is 0 Å². The van der Waals surface area contributed by atoms with Gasteiger partial charge in [-0.2, -0.15) is 0 Å². The van der Waals surface area contributed by atoms with Crippen molar-refractivity contribution in [3.63, 3.8) is 0 Å². The topological polar surface area (TPSA) is 79.6 Å². The summed E-state index contributed by atoms with van der Waals surface area (Å²) >= 11 is 0. The molecule has 0 atom stereocenters. The van der Waals surface area contributed by atoms with Gasteiger partial charge in [0.25, 0.3) is 5.69 Å². The summed E-state index contributed by atoms with van der Waals surface area (Å²) in [6, 6.07) is 17.0. The van der Waals surface area contributed by atoms with E-state index in [-0.39, 0.29) is 17.2 Å². The van der Waals surface area contributed by atoms with Gasteiger partial charge in [0, 0.05) is 19.2 Å². The van der Waals surface area contributed by atoms with Crippen LogP contribution in [0, 0.1) is 10.1 Å². The number of guanidine groups is 1. The van der Waals surface area contributed by atoms with Crippen LogP contribution in [0.25, 0.3) is 0 Å². The van der Waals surface area contributed by atoms with Crippen molar-refractivity contribution >= 4 is 11.6 Å². The summed E-state index contributed by atoms with van der Waals surface area (Å²) in [7, 11) is 0. The second kappa shape index (κ2) is 10.1. The lowest BCUT2D eigenvalue weighted by Gasteiger charge is -2.11. The molecule has 0 unspecified atom stereocenters. The van der Waals surface area contributed by atoms with Gasteiger partial charge in [0.2, 0.25) is 0 Å². The lowest BCUT2D eigenvalue weighted by atomic mass is 10.1. The highest BCUT2D eigenvalue weighted by molar-refractivity contribution is 5.79. The van der Waals surface area contributed by atoms with Crippen LogP contribution in [0.4, 0.5) is 5.69 Å². The third kappa shape index (κ3) is 6.25. The highest BCUT2D eigenvalue weighted by Gasteiger charge is 2.11. The summed E-state index contributed by atoms with van der Waals surface area (Å²) in [4.78, 5) is 15.2. The third-order valence-electron chi connectivity index (χ3n) is 3.72. The first kappa shape index (κ1) is 18.4. The number of aliphatic imine (C=N–C) groups is 1. The molecule has 2 rings (SSSR count). The van der Waals surface area contributed by atoms with Gasteiger partial charge in [0.05, 0.1) is 17.0 Å².